The Labute approximate surface area is 184 Å². The number of benzene rings is 2. The van der Waals surface area contributed by atoms with E-state index in [4.69, 9.17) is 0 Å². The molecule has 2 aromatic carbocycles. The molecule has 0 fully saturated rings. The van der Waals surface area contributed by atoms with Crippen LogP contribution in [0, 0.1) is 0 Å². The third-order valence-electron chi connectivity index (χ3n) is 4.05. The van der Waals surface area contributed by atoms with Crippen molar-refractivity contribution < 1.29 is 13.2 Å². The zero-order valence-electron chi connectivity index (χ0n) is 15.6. The highest BCUT2D eigenvalue weighted by Crippen LogP contribution is 2.29. The summed E-state index contributed by atoms with van der Waals surface area (Å²) in [4.78, 5) is 4.10. The largest absolute Gasteiger partial charge is 0.416 e. The van der Waals surface area contributed by atoms with Crippen LogP contribution in [0.2, 0.25) is 0 Å². The minimum Gasteiger partial charge on any atom is -0.352 e. The lowest BCUT2D eigenvalue weighted by atomic mass is 10.1. The molecule has 5 nitrogen and oxygen atoms in total. The molecule has 3 aromatic rings. The Hall–Kier alpha value is -2.56. The minimum atomic E-state index is -4.35. The molecule has 29 heavy (non-hydrogen) atoms. The SMILES string of the molecule is CN=C(NCc1cccc(C(F)(F)F)c1)NCc1cnn(-c2ccccc2)c1.I. The third-order valence-corrected chi connectivity index (χ3v) is 4.05. The van der Waals surface area contributed by atoms with Crippen LogP contribution in [0.3, 0.4) is 0 Å². The van der Waals surface area contributed by atoms with Crippen molar-refractivity contribution >= 4 is 29.9 Å². The van der Waals surface area contributed by atoms with E-state index in [1.807, 2.05) is 36.5 Å². The van der Waals surface area contributed by atoms with Crippen LogP contribution in [0.15, 0.2) is 72.0 Å². The van der Waals surface area contributed by atoms with E-state index in [1.165, 1.54) is 6.07 Å². The first-order chi connectivity index (χ1) is 13.5. The van der Waals surface area contributed by atoms with Gasteiger partial charge in [0, 0.05) is 31.9 Å². The zero-order chi connectivity index (χ0) is 20.0. The van der Waals surface area contributed by atoms with Gasteiger partial charge in [0.2, 0.25) is 0 Å². The predicted octanol–water partition coefficient (Wildman–Crippen LogP) is 4.37. The number of nitrogens with zero attached hydrogens (tertiary/aromatic N) is 3. The number of guanidine groups is 1. The maximum atomic E-state index is 12.8. The number of aromatic nitrogens is 2. The minimum absolute atomic E-state index is 0. The summed E-state index contributed by atoms with van der Waals surface area (Å²) < 4.78 is 40.2. The van der Waals surface area contributed by atoms with Gasteiger partial charge in [-0.3, -0.25) is 4.99 Å². The molecular weight excluding hydrogens is 494 g/mol. The average molecular weight is 515 g/mol. The van der Waals surface area contributed by atoms with Crippen LogP contribution in [0.25, 0.3) is 5.69 Å². The average Bonchev–Trinajstić information content (AvgIpc) is 3.17. The van der Waals surface area contributed by atoms with Crippen LogP contribution in [0.5, 0.6) is 0 Å². The van der Waals surface area contributed by atoms with Crippen LogP contribution in [-0.2, 0) is 19.3 Å². The first-order valence-electron chi connectivity index (χ1n) is 8.65. The quantitative estimate of drug-likeness (QED) is 0.302. The number of aliphatic imine (C=N–C) groups is 1. The maximum absolute atomic E-state index is 12.8. The first-order valence-corrected chi connectivity index (χ1v) is 8.65. The van der Waals surface area contributed by atoms with Crippen molar-refractivity contribution in [2.75, 3.05) is 7.05 Å². The van der Waals surface area contributed by atoms with Gasteiger partial charge in [-0.25, -0.2) is 4.68 Å². The Bertz CT molecular complexity index is 939. The molecule has 0 unspecified atom stereocenters. The smallest absolute Gasteiger partial charge is 0.352 e. The fourth-order valence-corrected chi connectivity index (χ4v) is 2.62. The van der Waals surface area contributed by atoms with E-state index in [9.17, 15) is 13.2 Å². The molecule has 0 bridgehead atoms. The molecule has 1 heterocycles. The summed E-state index contributed by atoms with van der Waals surface area (Å²) in [6.07, 6.45) is -0.697. The number of halogens is 4. The monoisotopic (exact) mass is 515 g/mol. The van der Waals surface area contributed by atoms with Gasteiger partial charge in [0.1, 0.15) is 0 Å². The van der Waals surface area contributed by atoms with E-state index < -0.39 is 11.7 Å². The normalized spacial score (nSPS) is 11.7. The van der Waals surface area contributed by atoms with Gasteiger partial charge in [-0.15, -0.1) is 24.0 Å². The fraction of sp³-hybridized carbons (Fsp3) is 0.200. The number of hydrogen-bond donors (Lipinski definition) is 2. The van der Waals surface area contributed by atoms with Crippen molar-refractivity contribution in [2.45, 2.75) is 19.3 Å². The summed E-state index contributed by atoms with van der Waals surface area (Å²) in [6, 6.07) is 15.0. The summed E-state index contributed by atoms with van der Waals surface area (Å²) in [5, 5.41) is 10.5. The molecule has 0 aliphatic heterocycles. The third kappa shape index (κ3) is 6.48. The molecule has 0 spiro atoms. The molecule has 1 aromatic heterocycles. The summed E-state index contributed by atoms with van der Waals surface area (Å²) >= 11 is 0. The summed E-state index contributed by atoms with van der Waals surface area (Å²) in [7, 11) is 1.61. The van der Waals surface area contributed by atoms with Gasteiger partial charge in [0.15, 0.2) is 5.96 Å². The first kappa shape index (κ1) is 22.7. The molecule has 0 amide bonds. The Kier molecular flexibility index (Phi) is 8.06. The molecule has 3 rings (SSSR count). The van der Waals surface area contributed by atoms with Crippen molar-refractivity contribution in [3.63, 3.8) is 0 Å². The molecule has 0 aliphatic rings. The van der Waals surface area contributed by atoms with Gasteiger partial charge in [0.25, 0.3) is 0 Å². The highest BCUT2D eigenvalue weighted by Gasteiger charge is 2.30. The molecule has 0 saturated carbocycles. The molecule has 0 radical (unpaired) electrons. The zero-order valence-corrected chi connectivity index (χ0v) is 18.0. The number of rotatable bonds is 5. The Morgan fingerprint density at radius 2 is 1.69 bits per heavy atom. The number of hydrogen-bond acceptors (Lipinski definition) is 2. The predicted molar refractivity (Wildman–Crippen MR) is 117 cm³/mol. The molecule has 9 heteroatoms. The fourth-order valence-electron chi connectivity index (χ4n) is 2.62. The highest BCUT2D eigenvalue weighted by molar-refractivity contribution is 14.0. The lowest BCUT2D eigenvalue weighted by Crippen LogP contribution is -2.36. The Morgan fingerprint density at radius 1 is 1.00 bits per heavy atom. The second-order valence-corrected chi connectivity index (χ2v) is 6.11. The Morgan fingerprint density at radius 3 is 2.34 bits per heavy atom. The van der Waals surface area contributed by atoms with E-state index in [-0.39, 0.29) is 30.5 Å². The number of alkyl halides is 3. The van der Waals surface area contributed by atoms with Crippen LogP contribution in [0.1, 0.15) is 16.7 Å². The molecule has 2 N–H and O–H groups in total. The van der Waals surface area contributed by atoms with E-state index in [0.29, 0.717) is 18.1 Å². The number of nitrogens with one attached hydrogen (secondary N) is 2. The van der Waals surface area contributed by atoms with E-state index in [1.54, 1.807) is 24.0 Å². The molecule has 0 aliphatic carbocycles. The van der Waals surface area contributed by atoms with Crippen LogP contribution in [0.4, 0.5) is 13.2 Å². The maximum Gasteiger partial charge on any atom is 0.416 e. The van der Waals surface area contributed by atoms with Crippen molar-refractivity contribution in [3.05, 3.63) is 83.7 Å². The van der Waals surface area contributed by atoms with Crippen molar-refractivity contribution in [3.8, 4) is 5.69 Å². The van der Waals surface area contributed by atoms with Gasteiger partial charge >= 0.3 is 6.18 Å². The van der Waals surface area contributed by atoms with Crippen molar-refractivity contribution in [1.29, 1.82) is 0 Å². The van der Waals surface area contributed by atoms with E-state index in [0.717, 1.165) is 23.4 Å². The standard InChI is InChI=1S/C20H20F3N5.HI/c1-24-19(25-11-15-6-5-7-17(10-15)20(21,22)23)26-12-16-13-27-28(14-16)18-8-3-2-4-9-18;/h2-10,13-14H,11-12H2,1H3,(H2,24,25,26);1H. The second kappa shape index (κ2) is 10.3. The number of para-hydroxylation sites is 1. The molecular formula is C20H21F3IN5. The summed E-state index contributed by atoms with van der Waals surface area (Å²) in [6.45, 7) is 0.710. The van der Waals surface area contributed by atoms with Crippen LogP contribution < -0.4 is 10.6 Å². The van der Waals surface area contributed by atoms with Gasteiger partial charge in [-0.1, -0.05) is 30.3 Å². The molecule has 0 saturated heterocycles. The second-order valence-electron chi connectivity index (χ2n) is 6.11. The van der Waals surface area contributed by atoms with Crippen LogP contribution >= 0.6 is 24.0 Å². The highest BCUT2D eigenvalue weighted by atomic mass is 127. The lowest BCUT2D eigenvalue weighted by molar-refractivity contribution is -0.137. The van der Waals surface area contributed by atoms with Gasteiger partial charge in [-0.2, -0.15) is 18.3 Å². The van der Waals surface area contributed by atoms with E-state index in [2.05, 4.69) is 20.7 Å². The topological polar surface area (TPSA) is 54.2 Å². The lowest BCUT2D eigenvalue weighted by Gasteiger charge is -2.12. The van der Waals surface area contributed by atoms with Crippen molar-refractivity contribution in [2.24, 2.45) is 4.99 Å². The molecule has 0 atom stereocenters. The molecule has 154 valence electrons. The van der Waals surface area contributed by atoms with Gasteiger partial charge in [0.05, 0.1) is 17.4 Å². The van der Waals surface area contributed by atoms with E-state index >= 15 is 0 Å². The van der Waals surface area contributed by atoms with Gasteiger partial charge < -0.3 is 10.6 Å². The van der Waals surface area contributed by atoms with Crippen molar-refractivity contribution in [1.82, 2.24) is 20.4 Å². The summed E-state index contributed by atoms with van der Waals surface area (Å²) in [5.41, 5.74) is 1.77. The summed E-state index contributed by atoms with van der Waals surface area (Å²) in [5.74, 6) is 0.491. The van der Waals surface area contributed by atoms with Gasteiger partial charge in [-0.05, 0) is 29.8 Å². The van der Waals surface area contributed by atoms with Crippen LogP contribution in [-0.4, -0.2) is 22.8 Å². The Balaban J connectivity index is 0.00000300.